The van der Waals surface area contributed by atoms with E-state index in [0.717, 1.165) is 38.4 Å². The molecule has 0 radical (unpaired) electrons. The molecule has 1 aliphatic rings. The van der Waals surface area contributed by atoms with Gasteiger partial charge in [-0.3, -0.25) is 4.90 Å². The van der Waals surface area contributed by atoms with Gasteiger partial charge in [0.25, 0.3) is 0 Å². The van der Waals surface area contributed by atoms with Crippen LogP contribution in [0.3, 0.4) is 0 Å². The Hall–Kier alpha value is 0.0700. The van der Waals surface area contributed by atoms with Crippen LogP contribution in [0.5, 0.6) is 0 Å². The molecule has 6 heteroatoms. The summed E-state index contributed by atoms with van der Waals surface area (Å²) >= 11 is 5.88. The fourth-order valence-corrected chi connectivity index (χ4v) is 2.54. The average Bonchev–Trinajstić information content (AvgIpc) is 2.73. The number of rotatable bonds is 4. The molecular formula is C13H23Cl3N2O. The molecule has 0 bridgehead atoms. The van der Waals surface area contributed by atoms with Gasteiger partial charge in [0.05, 0.1) is 6.04 Å². The standard InChI is InChI=1S/C13H21ClN2O.2ClH/c1-10(2)9-11(12-3-4-13(14)17-12)16-7-5-15-6-8-16;;/h3-4,10-11,15H,5-9H2,1-2H3;2*1H/t11-;;/m1../s1. The molecule has 1 aliphatic heterocycles. The summed E-state index contributed by atoms with van der Waals surface area (Å²) in [7, 11) is 0. The molecule has 0 aliphatic carbocycles. The Kier molecular flexibility index (Phi) is 9.12. The lowest BCUT2D eigenvalue weighted by Gasteiger charge is -2.34. The van der Waals surface area contributed by atoms with Crippen molar-refractivity contribution in [2.45, 2.75) is 26.3 Å². The number of hydrogen-bond donors (Lipinski definition) is 1. The molecule has 1 atom stereocenters. The fourth-order valence-electron chi connectivity index (χ4n) is 2.39. The first-order valence-corrected chi connectivity index (χ1v) is 6.74. The highest BCUT2D eigenvalue weighted by molar-refractivity contribution is 6.28. The molecule has 1 fully saturated rings. The Labute approximate surface area is 132 Å². The highest BCUT2D eigenvalue weighted by Crippen LogP contribution is 2.30. The van der Waals surface area contributed by atoms with E-state index in [-0.39, 0.29) is 24.8 Å². The van der Waals surface area contributed by atoms with Crippen LogP contribution in [0.25, 0.3) is 0 Å². The maximum Gasteiger partial charge on any atom is 0.193 e. The summed E-state index contributed by atoms with van der Waals surface area (Å²) in [6.45, 7) is 8.77. The van der Waals surface area contributed by atoms with Gasteiger partial charge < -0.3 is 9.73 Å². The molecule has 0 aromatic carbocycles. The number of halogens is 3. The number of piperazine rings is 1. The molecule has 1 N–H and O–H groups in total. The highest BCUT2D eigenvalue weighted by atomic mass is 35.5. The van der Waals surface area contributed by atoms with Crippen molar-refractivity contribution in [2.24, 2.45) is 5.92 Å². The predicted octanol–water partition coefficient (Wildman–Crippen LogP) is 3.77. The van der Waals surface area contributed by atoms with Crippen LogP contribution in [-0.2, 0) is 0 Å². The van der Waals surface area contributed by atoms with Crippen molar-refractivity contribution in [1.82, 2.24) is 10.2 Å². The van der Waals surface area contributed by atoms with Gasteiger partial charge in [-0.15, -0.1) is 24.8 Å². The van der Waals surface area contributed by atoms with E-state index in [2.05, 4.69) is 24.1 Å². The third kappa shape index (κ3) is 5.52. The van der Waals surface area contributed by atoms with Crippen LogP contribution in [0, 0.1) is 5.92 Å². The van der Waals surface area contributed by atoms with Crippen LogP contribution in [0.15, 0.2) is 16.5 Å². The summed E-state index contributed by atoms with van der Waals surface area (Å²) in [5.74, 6) is 1.66. The third-order valence-corrected chi connectivity index (χ3v) is 3.41. The minimum atomic E-state index is 0. The molecule has 3 nitrogen and oxygen atoms in total. The van der Waals surface area contributed by atoms with Crippen molar-refractivity contribution in [3.63, 3.8) is 0 Å². The third-order valence-electron chi connectivity index (χ3n) is 3.21. The van der Waals surface area contributed by atoms with Crippen LogP contribution >= 0.6 is 36.4 Å². The van der Waals surface area contributed by atoms with Crippen LogP contribution < -0.4 is 5.32 Å². The Morgan fingerprint density at radius 1 is 1.26 bits per heavy atom. The van der Waals surface area contributed by atoms with Crippen molar-refractivity contribution in [2.75, 3.05) is 26.2 Å². The van der Waals surface area contributed by atoms with Gasteiger partial charge in [0, 0.05) is 26.2 Å². The molecular weight excluding hydrogens is 307 g/mol. The Bertz CT molecular complexity index is 351. The van der Waals surface area contributed by atoms with Crippen molar-refractivity contribution in [3.05, 3.63) is 23.1 Å². The van der Waals surface area contributed by atoms with Crippen LogP contribution in [0.4, 0.5) is 0 Å². The second-order valence-corrected chi connectivity index (χ2v) is 5.45. The summed E-state index contributed by atoms with van der Waals surface area (Å²) in [4.78, 5) is 2.49. The van der Waals surface area contributed by atoms with E-state index in [4.69, 9.17) is 16.0 Å². The maximum atomic E-state index is 5.88. The molecule has 0 spiro atoms. The van der Waals surface area contributed by atoms with Gasteiger partial charge in [0.2, 0.25) is 0 Å². The van der Waals surface area contributed by atoms with E-state index in [0.29, 0.717) is 17.2 Å². The smallest absolute Gasteiger partial charge is 0.193 e. The summed E-state index contributed by atoms with van der Waals surface area (Å²) in [5.41, 5.74) is 0. The first-order valence-electron chi connectivity index (χ1n) is 6.37. The van der Waals surface area contributed by atoms with E-state index in [9.17, 15) is 0 Å². The normalized spacial score (nSPS) is 17.7. The van der Waals surface area contributed by atoms with E-state index in [1.165, 1.54) is 0 Å². The van der Waals surface area contributed by atoms with Crippen molar-refractivity contribution in [3.8, 4) is 0 Å². The first kappa shape index (κ1) is 19.1. The first-order chi connectivity index (χ1) is 8.16. The SMILES string of the molecule is CC(C)C[C@H](c1ccc(Cl)o1)N1CCNCC1.Cl.Cl. The predicted molar refractivity (Wildman–Crippen MR) is 84.9 cm³/mol. The molecule has 1 saturated heterocycles. The zero-order valence-corrected chi connectivity index (χ0v) is 13.8. The Morgan fingerprint density at radius 3 is 2.37 bits per heavy atom. The summed E-state index contributed by atoms with van der Waals surface area (Å²) in [5, 5.41) is 3.87. The zero-order valence-electron chi connectivity index (χ0n) is 11.4. The van der Waals surface area contributed by atoms with Gasteiger partial charge in [0.1, 0.15) is 5.76 Å². The van der Waals surface area contributed by atoms with Gasteiger partial charge in [-0.1, -0.05) is 13.8 Å². The second-order valence-electron chi connectivity index (χ2n) is 5.07. The van der Waals surface area contributed by atoms with Gasteiger partial charge in [-0.25, -0.2) is 0 Å². The summed E-state index contributed by atoms with van der Waals surface area (Å²) in [6.07, 6.45) is 1.11. The fraction of sp³-hybridized carbons (Fsp3) is 0.692. The average molecular weight is 330 g/mol. The van der Waals surface area contributed by atoms with Crippen LogP contribution in [0.1, 0.15) is 32.1 Å². The molecule has 1 aromatic rings. The lowest BCUT2D eigenvalue weighted by atomic mass is 10.00. The lowest BCUT2D eigenvalue weighted by Crippen LogP contribution is -2.45. The summed E-state index contributed by atoms with van der Waals surface area (Å²) in [6, 6.07) is 4.22. The van der Waals surface area contributed by atoms with E-state index < -0.39 is 0 Å². The quantitative estimate of drug-likeness (QED) is 0.911. The van der Waals surface area contributed by atoms with E-state index in [1.54, 1.807) is 0 Å². The topological polar surface area (TPSA) is 28.4 Å². The molecule has 0 unspecified atom stereocenters. The van der Waals surface area contributed by atoms with Crippen molar-refractivity contribution in [1.29, 1.82) is 0 Å². The van der Waals surface area contributed by atoms with E-state index in [1.807, 2.05) is 12.1 Å². The minimum absolute atomic E-state index is 0. The molecule has 0 amide bonds. The molecule has 112 valence electrons. The number of nitrogens with zero attached hydrogens (tertiary/aromatic N) is 1. The van der Waals surface area contributed by atoms with Crippen molar-refractivity contribution >= 4 is 36.4 Å². The molecule has 2 rings (SSSR count). The minimum Gasteiger partial charge on any atom is -0.448 e. The summed E-state index contributed by atoms with van der Waals surface area (Å²) < 4.78 is 5.60. The largest absolute Gasteiger partial charge is 0.448 e. The zero-order chi connectivity index (χ0) is 12.3. The van der Waals surface area contributed by atoms with Crippen LogP contribution in [-0.4, -0.2) is 31.1 Å². The van der Waals surface area contributed by atoms with E-state index >= 15 is 0 Å². The molecule has 1 aromatic heterocycles. The molecule has 19 heavy (non-hydrogen) atoms. The molecule has 2 heterocycles. The van der Waals surface area contributed by atoms with Crippen molar-refractivity contribution < 1.29 is 4.42 Å². The molecule has 0 saturated carbocycles. The number of furan rings is 1. The van der Waals surface area contributed by atoms with Crippen LogP contribution in [0.2, 0.25) is 5.22 Å². The van der Waals surface area contributed by atoms with Gasteiger partial charge in [0.15, 0.2) is 5.22 Å². The lowest BCUT2D eigenvalue weighted by molar-refractivity contribution is 0.136. The monoisotopic (exact) mass is 328 g/mol. The Morgan fingerprint density at radius 2 is 1.89 bits per heavy atom. The van der Waals surface area contributed by atoms with Gasteiger partial charge >= 0.3 is 0 Å². The number of nitrogens with one attached hydrogen (secondary N) is 1. The highest BCUT2D eigenvalue weighted by Gasteiger charge is 2.25. The van der Waals surface area contributed by atoms with Gasteiger partial charge in [-0.2, -0.15) is 0 Å². The maximum absolute atomic E-state index is 5.88. The second kappa shape index (κ2) is 9.09. The Balaban J connectivity index is 0.00000162. The number of hydrogen-bond acceptors (Lipinski definition) is 3. The van der Waals surface area contributed by atoms with Gasteiger partial charge in [-0.05, 0) is 36.1 Å².